The molecular weight excluding hydrogens is 215 g/mol. The molecule has 2 nitrogen and oxygen atoms in total. The van der Waals surface area contributed by atoms with Crippen LogP contribution in [0.2, 0.25) is 0 Å². The van der Waals surface area contributed by atoms with Crippen LogP contribution in [0.15, 0.2) is 24.3 Å². The molecule has 1 aromatic rings. The van der Waals surface area contributed by atoms with E-state index in [0.29, 0.717) is 6.54 Å². The monoisotopic (exact) mass is 238 g/mol. The Morgan fingerprint density at radius 1 is 1.29 bits per heavy atom. The van der Waals surface area contributed by atoms with E-state index in [1.54, 1.807) is 12.1 Å². The molecule has 0 fully saturated rings. The first-order chi connectivity index (χ1) is 8.06. The molecule has 3 heteroatoms. The zero-order valence-electron chi connectivity index (χ0n) is 11.0. The molecule has 0 aliphatic heterocycles. The maximum absolute atomic E-state index is 13.2. The molecule has 0 saturated carbocycles. The standard InChI is InChI=1S/C14H23FN2/c1-4-14(5-2,10-16)11-17(3)13-8-6-7-12(15)9-13/h6-9H,4-5,10-11,16H2,1-3H3. The molecule has 0 amide bonds. The first-order valence-corrected chi connectivity index (χ1v) is 6.23. The molecule has 2 N–H and O–H groups in total. The van der Waals surface area contributed by atoms with Crippen LogP contribution in [-0.2, 0) is 0 Å². The number of hydrogen-bond acceptors (Lipinski definition) is 2. The Kier molecular flexibility index (Phi) is 4.94. The topological polar surface area (TPSA) is 29.3 Å². The third-order valence-corrected chi connectivity index (χ3v) is 3.75. The second kappa shape index (κ2) is 6.01. The van der Waals surface area contributed by atoms with Gasteiger partial charge in [-0.15, -0.1) is 0 Å². The van der Waals surface area contributed by atoms with Crippen LogP contribution in [0.1, 0.15) is 26.7 Å². The van der Waals surface area contributed by atoms with Crippen molar-refractivity contribution in [3.05, 3.63) is 30.1 Å². The van der Waals surface area contributed by atoms with Gasteiger partial charge in [-0.1, -0.05) is 19.9 Å². The van der Waals surface area contributed by atoms with Crippen LogP contribution in [0, 0.1) is 11.2 Å². The highest BCUT2D eigenvalue weighted by Crippen LogP contribution is 2.28. The molecule has 0 atom stereocenters. The van der Waals surface area contributed by atoms with Gasteiger partial charge in [-0.3, -0.25) is 0 Å². The van der Waals surface area contributed by atoms with E-state index >= 15 is 0 Å². The lowest BCUT2D eigenvalue weighted by Gasteiger charge is -2.35. The summed E-state index contributed by atoms with van der Waals surface area (Å²) in [6.07, 6.45) is 2.08. The molecule has 1 rings (SSSR count). The van der Waals surface area contributed by atoms with Crippen LogP contribution < -0.4 is 10.6 Å². The van der Waals surface area contributed by atoms with Gasteiger partial charge in [-0.05, 0) is 43.0 Å². The molecule has 0 heterocycles. The zero-order valence-corrected chi connectivity index (χ0v) is 11.0. The van der Waals surface area contributed by atoms with E-state index in [-0.39, 0.29) is 11.2 Å². The van der Waals surface area contributed by atoms with Crippen molar-refractivity contribution in [3.63, 3.8) is 0 Å². The second-order valence-electron chi connectivity index (χ2n) is 4.75. The molecule has 0 bridgehead atoms. The molecule has 0 spiro atoms. The van der Waals surface area contributed by atoms with E-state index < -0.39 is 0 Å². The fourth-order valence-corrected chi connectivity index (χ4v) is 2.13. The summed E-state index contributed by atoms with van der Waals surface area (Å²) in [5.41, 5.74) is 6.92. The highest BCUT2D eigenvalue weighted by atomic mass is 19.1. The quantitative estimate of drug-likeness (QED) is 0.825. The van der Waals surface area contributed by atoms with Gasteiger partial charge in [0.2, 0.25) is 0 Å². The number of nitrogens with zero attached hydrogens (tertiary/aromatic N) is 1. The molecule has 0 aliphatic rings. The highest BCUT2D eigenvalue weighted by molar-refractivity contribution is 5.45. The molecule has 0 aliphatic carbocycles. The summed E-state index contributed by atoms with van der Waals surface area (Å²) in [5.74, 6) is -0.194. The Labute approximate surface area is 104 Å². The summed E-state index contributed by atoms with van der Waals surface area (Å²) < 4.78 is 13.2. The zero-order chi connectivity index (χ0) is 12.9. The summed E-state index contributed by atoms with van der Waals surface area (Å²) in [5, 5.41) is 0. The number of anilines is 1. The van der Waals surface area contributed by atoms with Crippen molar-refractivity contribution in [1.29, 1.82) is 0 Å². The fraction of sp³-hybridized carbons (Fsp3) is 0.571. The Bertz CT molecular complexity index is 340. The average Bonchev–Trinajstić information content (AvgIpc) is 2.36. The summed E-state index contributed by atoms with van der Waals surface area (Å²) >= 11 is 0. The minimum atomic E-state index is -0.194. The maximum Gasteiger partial charge on any atom is 0.125 e. The predicted octanol–water partition coefficient (Wildman–Crippen LogP) is 3.03. The summed E-state index contributed by atoms with van der Waals surface area (Å²) in [6, 6.07) is 6.69. The van der Waals surface area contributed by atoms with E-state index in [2.05, 4.69) is 18.7 Å². The van der Waals surface area contributed by atoms with Gasteiger partial charge in [-0.2, -0.15) is 0 Å². The molecular formula is C14H23FN2. The lowest BCUT2D eigenvalue weighted by molar-refractivity contribution is 0.281. The van der Waals surface area contributed by atoms with Gasteiger partial charge in [0, 0.05) is 19.3 Å². The SMILES string of the molecule is CCC(CC)(CN)CN(C)c1cccc(F)c1. The van der Waals surface area contributed by atoms with Crippen molar-refractivity contribution in [3.8, 4) is 0 Å². The summed E-state index contributed by atoms with van der Waals surface area (Å²) in [6.45, 7) is 5.85. The van der Waals surface area contributed by atoms with Crippen LogP contribution in [-0.4, -0.2) is 20.1 Å². The van der Waals surface area contributed by atoms with E-state index in [1.807, 2.05) is 13.1 Å². The number of hydrogen-bond donors (Lipinski definition) is 1. The first kappa shape index (κ1) is 14.0. The summed E-state index contributed by atoms with van der Waals surface area (Å²) in [7, 11) is 1.99. The summed E-state index contributed by atoms with van der Waals surface area (Å²) in [4.78, 5) is 2.09. The van der Waals surface area contributed by atoms with Gasteiger partial charge < -0.3 is 10.6 Å². The van der Waals surface area contributed by atoms with Gasteiger partial charge in [-0.25, -0.2) is 4.39 Å². The molecule has 0 unspecified atom stereocenters. The number of benzene rings is 1. The van der Waals surface area contributed by atoms with E-state index in [1.165, 1.54) is 6.07 Å². The smallest absolute Gasteiger partial charge is 0.125 e. The Morgan fingerprint density at radius 2 is 1.94 bits per heavy atom. The van der Waals surface area contributed by atoms with Crippen molar-refractivity contribution in [2.75, 3.05) is 25.0 Å². The van der Waals surface area contributed by atoms with Crippen molar-refractivity contribution in [1.82, 2.24) is 0 Å². The van der Waals surface area contributed by atoms with Crippen LogP contribution in [0.3, 0.4) is 0 Å². The normalized spacial score (nSPS) is 11.6. The average molecular weight is 238 g/mol. The van der Waals surface area contributed by atoms with Gasteiger partial charge in [0.15, 0.2) is 0 Å². The Balaban J connectivity index is 2.80. The lowest BCUT2D eigenvalue weighted by Crippen LogP contribution is -2.40. The molecule has 0 aromatic heterocycles. The fourth-order valence-electron chi connectivity index (χ4n) is 2.13. The van der Waals surface area contributed by atoms with Crippen LogP contribution in [0.4, 0.5) is 10.1 Å². The van der Waals surface area contributed by atoms with Gasteiger partial charge in [0.25, 0.3) is 0 Å². The van der Waals surface area contributed by atoms with Crippen LogP contribution in [0.25, 0.3) is 0 Å². The number of rotatable bonds is 6. The van der Waals surface area contributed by atoms with Gasteiger partial charge in [0.05, 0.1) is 0 Å². The predicted molar refractivity (Wildman–Crippen MR) is 71.7 cm³/mol. The van der Waals surface area contributed by atoms with E-state index in [4.69, 9.17) is 5.73 Å². The number of halogens is 1. The highest BCUT2D eigenvalue weighted by Gasteiger charge is 2.26. The van der Waals surface area contributed by atoms with Gasteiger partial charge >= 0.3 is 0 Å². The molecule has 17 heavy (non-hydrogen) atoms. The maximum atomic E-state index is 13.2. The Hall–Kier alpha value is -1.09. The van der Waals surface area contributed by atoms with E-state index in [0.717, 1.165) is 25.1 Å². The minimum absolute atomic E-state index is 0.126. The first-order valence-electron chi connectivity index (χ1n) is 6.23. The van der Waals surface area contributed by atoms with Crippen LogP contribution >= 0.6 is 0 Å². The second-order valence-corrected chi connectivity index (χ2v) is 4.75. The van der Waals surface area contributed by atoms with Crippen molar-refractivity contribution in [2.45, 2.75) is 26.7 Å². The minimum Gasteiger partial charge on any atom is -0.374 e. The molecule has 96 valence electrons. The third-order valence-electron chi connectivity index (χ3n) is 3.75. The van der Waals surface area contributed by atoms with Crippen molar-refractivity contribution in [2.24, 2.45) is 11.1 Å². The van der Waals surface area contributed by atoms with Crippen molar-refractivity contribution >= 4 is 5.69 Å². The van der Waals surface area contributed by atoms with Gasteiger partial charge in [0.1, 0.15) is 5.82 Å². The molecule has 1 aromatic carbocycles. The van der Waals surface area contributed by atoms with E-state index in [9.17, 15) is 4.39 Å². The number of nitrogens with two attached hydrogens (primary N) is 1. The third kappa shape index (κ3) is 3.43. The lowest BCUT2D eigenvalue weighted by atomic mass is 9.82. The molecule has 0 saturated heterocycles. The van der Waals surface area contributed by atoms with Crippen LogP contribution in [0.5, 0.6) is 0 Å². The largest absolute Gasteiger partial charge is 0.374 e. The molecule has 0 radical (unpaired) electrons. The van der Waals surface area contributed by atoms with Crippen molar-refractivity contribution < 1.29 is 4.39 Å². The Morgan fingerprint density at radius 3 is 2.41 bits per heavy atom.